The number of fused-ring (bicyclic) bond motifs is 1. The highest BCUT2D eigenvalue weighted by Gasteiger charge is 2.25. The van der Waals surface area contributed by atoms with Crippen LogP contribution in [0.2, 0.25) is 5.02 Å². The molecule has 1 atom stereocenters. The van der Waals surface area contributed by atoms with Gasteiger partial charge in [0, 0.05) is 17.1 Å². The number of halogens is 3. The molecule has 1 unspecified atom stereocenters. The molecule has 124 valence electrons. The Morgan fingerprint density at radius 2 is 2.18 bits per heavy atom. The Bertz CT molecular complexity index is 832. The standard InChI is InChI=1S/C11H13BrClN3O4S.ClH/c1-5(14)2-3-15-21(18,19)10-6(12)4-7-9(8(10)13)20-11(17)16-7;/h4-5,15H,2-3,14H2,1H3,(H,16,17);1H. The summed E-state index contributed by atoms with van der Waals surface area (Å²) >= 11 is 9.20. The van der Waals surface area contributed by atoms with Crippen molar-refractivity contribution in [1.82, 2.24) is 9.71 Å². The average Bonchev–Trinajstić information content (AvgIpc) is 2.68. The first-order valence-electron chi connectivity index (χ1n) is 5.98. The van der Waals surface area contributed by atoms with Crippen LogP contribution in [-0.4, -0.2) is 26.0 Å². The average molecular weight is 435 g/mol. The van der Waals surface area contributed by atoms with Crippen molar-refractivity contribution in [1.29, 1.82) is 0 Å². The molecule has 4 N–H and O–H groups in total. The van der Waals surface area contributed by atoms with Gasteiger partial charge >= 0.3 is 5.76 Å². The molecule has 1 heterocycles. The van der Waals surface area contributed by atoms with Crippen molar-refractivity contribution in [3.8, 4) is 0 Å². The normalized spacial score (nSPS) is 13.1. The van der Waals surface area contributed by atoms with Gasteiger partial charge in [0.2, 0.25) is 10.0 Å². The first kappa shape index (κ1) is 19.5. The van der Waals surface area contributed by atoms with Crippen molar-refractivity contribution in [2.24, 2.45) is 5.73 Å². The molecule has 0 aliphatic carbocycles. The number of aromatic amines is 1. The molecule has 0 spiro atoms. The van der Waals surface area contributed by atoms with Crippen LogP contribution in [0.15, 0.2) is 24.6 Å². The molecule has 0 radical (unpaired) electrons. The van der Waals surface area contributed by atoms with Crippen LogP contribution < -0.4 is 16.2 Å². The lowest BCUT2D eigenvalue weighted by Crippen LogP contribution is -2.29. The molecule has 2 rings (SSSR count). The minimum absolute atomic E-state index is 0. The summed E-state index contributed by atoms with van der Waals surface area (Å²) in [6.07, 6.45) is 0.482. The molecule has 0 saturated carbocycles. The fraction of sp³-hybridized carbons (Fsp3) is 0.364. The summed E-state index contributed by atoms with van der Waals surface area (Å²) in [7, 11) is -3.86. The third kappa shape index (κ3) is 4.03. The number of aromatic nitrogens is 1. The van der Waals surface area contributed by atoms with Gasteiger partial charge in [-0.3, -0.25) is 4.98 Å². The quantitative estimate of drug-likeness (QED) is 0.664. The summed E-state index contributed by atoms with van der Waals surface area (Å²) < 4.78 is 32.1. The summed E-state index contributed by atoms with van der Waals surface area (Å²) in [5.74, 6) is -0.710. The molecule has 0 aliphatic heterocycles. The van der Waals surface area contributed by atoms with Crippen molar-refractivity contribution in [3.63, 3.8) is 0 Å². The van der Waals surface area contributed by atoms with Crippen molar-refractivity contribution < 1.29 is 12.8 Å². The zero-order valence-corrected chi connectivity index (χ0v) is 15.3. The lowest BCUT2D eigenvalue weighted by Gasteiger charge is -2.11. The summed E-state index contributed by atoms with van der Waals surface area (Å²) in [5, 5.41) is -0.161. The zero-order valence-electron chi connectivity index (χ0n) is 11.4. The van der Waals surface area contributed by atoms with E-state index < -0.39 is 15.8 Å². The van der Waals surface area contributed by atoms with Crippen molar-refractivity contribution in [2.75, 3.05) is 6.54 Å². The second-order valence-electron chi connectivity index (χ2n) is 4.56. The molecule has 2 aromatic rings. The number of sulfonamides is 1. The molecular formula is C11H14BrCl2N3O4S. The first-order valence-corrected chi connectivity index (χ1v) is 8.64. The van der Waals surface area contributed by atoms with E-state index in [1.807, 2.05) is 0 Å². The second kappa shape index (κ2) is 7.33. The van der Waals surface area contributed by atoms with Crippen LogP contribution >= 0.6 is 39.9 Å². The van der Waals surface area contributed by atoms with E-state index in [1.54, 1.807) is 6.92 Å². The third-order valence-corrected chi connectivity index (χ3v) is 5.63. The first-order chi connectivity index (χ1) is 9.72. The van der Waals surface area contributed by atoms with Gasteiger partial charge in [-0.2, -0.15) is 0 Å². The minimum atomic E-state index is -3.86. The number of nitrogens with two attached hydrogens (primary N) is 1. The Morgan fingerprint density at radius 1 is 1.55 bits per heavy atom. The maximum atomic E-state index is 12.3. The van der Waals surface area contributed by atoms with Crippen molar-refractivity contribution in [2.45, 2.75) is 24.3 Å². The highest BCUT2D eigenvalue weighted by atomic mass is 79.9. The lowest BCUT2D eigenvalue weighted by atomic mass is 10.3. The molecule has 7 nitrogen and oxygen atoms in total. The number of hydrogen-bond donors (Lipinski definition) is 3. The van der Waals surface area contributed by atoms with Gasteiger partial charge in [-0.1, -0.05) is 11.6 Å². The van der Waals surface area contributed by atoms with Gasteiger partial charge in [0.05, 0.1) is 5.52 Å². The third-order valence-electron chi connectivity index (χ3n) is 2.72. The SMILES string of the molecule is CC(N)CCNS(=O)(=O)c1c(Br)cc2[nH]c(=O)oc2c1Cl.Cl. The molecular weight excluding hydrogens is 421 g/mol. The van der Waals surface area contributed by atoms with Gasteiger partial charge < -0.3 is 10.2 Å². The monoisotopic (exact) mass is 433 g/mol. The molecule has 0 bridgehead atoms. The Kier molecular flexibility index (Phi) is 6.48. The predicted molar refractivity (Wildman–Crippen MR) is 90.2 cm³/mol. The number of oxazole rings is 1. The topological polar surface area (TPSA) is 118 Å². The van der Waals surface area contributed by atoms with Crippen LogP contribution in [0.3, 0.4) is 0 Å². The van der Waals surface area contributed by atoms with E-state index in [0.29, 0.717) is 11.9 Å². The summed E-state index contributed by atoms with van der Waals surface area (Å²) in [4.78, 5) is 13.4. The Morgan fingerprint density at radius 3 is 2.77 bits per heavy atom. The van der Waals surface area contributed by atoms with Crippen LogP contribution in [0.4, 0.5) is 0 Å². The predicted octanol–water partition coefficient (Wildman–Crippen LogP) is 1.97. The molecule has 11 heteroatoms. The number of benzene rings is 1. The maximum absolute atomic E-state index is 12.3. The minimum Gasteiger partial charge on any atom is -0.406 e. The molecule has 0 saturated heterocycles. The molecule has 0 fully saturated rings. The van der Waals surface area contributed by atoms with E-state index in [1.165, 1.54) is 6.07 Å². The van der Waals surface area contributed by atoms with E-state index in [2.05, 4.69) is 25.6 Å². The number of nitrogens with one attached hydrogen (secondary N) is 2. The lowest BCUT2D eigenvalue weighted by molar-refractivity contribution is 0.552. The summed E-state index contributed by atoms with van der Waals surface area (Å²) in [6, 6.07) is 1.29. The highest BCUT2D eigenvalue weighted by molar-refractivity contribution is 9.10. The molecule has 1 aromatic carbocycles. The Labute approximate surface area is 146 Å². The van der Waals surface area contributed by atoms with Crippen LogP contribution in [-0.2, 0) is 10.0 Å². The molecule has 1 aromatic heterocycles. The fourth-order valence-corrected chi connectivity index (χ4v) is 4.65. The van der Waals surface area contributed by atoms with E-state index in [0.717, 1.165) is 0 Å². The van der Waals surface area contributed by atoms with E-state index in [-0.39, 0.29) is 45.0 Å². The van der Waals surface area contributed by atoms with Gasteiger partial charge in [0.15, 0.2) is 5.58 Å². The van der Waals surface area contributed by atoms with Gasteiger partial charge in [-0.15, -0.1) is 12.4 Å². The van der Waals surface area contributed by atoms with Crippen LogP contribution in [0.1, 0.15) is 13.3 Å². The maximum Gasteiger partial charge on any atom is 0.417 e. The van der Waals surface area contributed by atoms with Crippen LogP contribution in [0.5, 0.6) is 0 Å². The van der Waals surface area contributed by atoms with E-state index in [4.69, 9.17) is 21.8 Å². The van der Waals surface area contributed by atoms with Crippen molar-refractivity contribution in [3.05, 3.63) is 26.1 Å². The summed E-state index contributed by atoms with van der Waals surface area (Å²) in [6.45, 7) is 1.95. The van der Waals surface area contributed by atoms with E-state index >= 15 is 0 Å². The second-order valence-corrected chi connectivity index (χ2v) is 7.49. The molecule has 22 heavy (non-hydrogen) atoms. The number of H-pyrrole nitrogens is 1. The van der Waals surface area contributed by atoms with E-state index in [9.17, 15) is 13.2 Å². The number of hydrogen-bond acceptors (Lipinski definition) is 5. The van der Waals surface area contributed by atoms with Gasteiger partial charge in [0.1, 0.15) is 9.92 Å². The van der Waals surface area contributed by atoms with Crippen molar-refractivity contribution >= 4 is 61.1 Å². The van der Waals surface area contributed by atoms with Gasteiger partial charge in [-0.05, 0) is 35.3 Å². The van der Waals surface area contributed by atoms with Crippen LogP contribution in [0.25, 0.3) is 11.1 Å². The Hall–Kier alpha value is -0.580. The highest BCUT2D eigenvalue weighted by Crippen LogP contribution is 2.35. The van der Waals surface area contributed by atoms with Crippen LogP contribution in [0, 0.1) is 0 Å². The largest absolute Gasteiger partial charge is 0.417 e. The fourth-order valence-electron chi connectivity index (χ4n) is 1.74. The zero-order chi connectivity index (χ0) is 15.8. The summed E-state index contributed by atoms with van der Waals surface area (Å²) in [5.41, 5.74) is 5.88. The smallest absolute Gasteiger partial charge is 0.406 e. The van der Waals surface area contributed by atoms with Gasteiger partial charge in [0.25, 0.3) is 0 Å². The molecule has 0 aliphatic rings. The Balaban J connectivity index is 0.00000242. The van der Waals surface area contributed by atoms with Gasteiger partial charge in [-0.25, -0.2) is 17.9 Å². The number of rotatable bonds is 5. The molecule has 0 amide bonds.